The molecular formula is C19H19N3O3S. The Bertz CT molecular complexity index is 1040. The van der Waals surface area contributed by atoms with Gasteiger partial charge in [-0.3, -0.25) is 4.98 Å². The van der Waals surface area contributed by atoms with E-state index < -0.39 is 10.0 Å². The van der Waals surface area contributed by atoms with E-state index in [0.29, 0.717) is 24.4 Å². The highest BCUT2D eigenvalue weighted by atomic mass is 32.2. The van der Waals surface area contributed by atoms with Crippen LogP contribution in [-0.2, 0) is 16.4 Å². The molecule has 26 heavy (non-hydrogen) atoms. The smallest absolute Gasteiger partial charge is 0.265 e. The van der Waals surface area contributed by atoms with Gasteiger partial charge in [-0.15, -0.1) is 0 Å². The van der Waals surface area contributed by atoms with E-state index in [-0.39, 0.29) is 16.8 Å². The molecule has 3 aromatic rings. The van der Waals surface area contributed by atoms with E-state index in [0.717, 1.165) is 11.3 Å². The number of pyridine rings is 1. The lowest BCUT2D eigenvalue weighted by atomic mass is 10.0. The van der Waals surface area contributed by atoms with Crippen LogP contribution >= 0.6 is 0 Å². The van der Waals surface area contributed by atoms with Gasteiger partial charge in [0, 0.05) is 43.4 Å². The summed E-state index contributed by atoms with van der Waals surface area (Å²) >= 11 is 0. The average Bonchev–Trinajstić information content (AvgIpc) is 3.05. The number of benzene rings is 1. The first kappa shape index (κ1) is 16.9. The summed E-state index contributed by atoms with van der Waals surface area (Å²) in [6.45, 7) is 3.91. The van der Waals surface area contributed by atoms with Crippen molar-refractivity contribution in [2.24, 2.45) is 0 Å². The van der Waals surface area contributed by atoms with E-state index in [2.05, 4.69) is 9.97 Å². The molecule has 0 spiro atoms. The van der Waals surface area contributed by atoms with E-state index in [9.17, 15) is 8.42 Å². The second-order valence-electron chi connectivity index (χ2n) is 6.31. The predicted molar refractivity (Wildman–Crippen MR) is 96.9 cm³/mol. The van der Waals surface area contributed by atoms with Crippen LogP contribution in [0.4, 0.5) is 0 Å². The third-order valence-electron chi connectivity index (χ3n) is 4.67. The number of hydrogen-bond donors (Lipinski definition) is 0. The summed E-state index contributed by atoms with van der Waals surface area (Å²) < 4.78 is 33.9. The molecule has 0 bridgehead atoms. The lowest BCUT2D eigenvalue weighted by Crippen LogP contribution is -2.39. The Morgan fingerprint density at radius 2 is 1.92 bits per heavy atom. The van der Waals surface area contributed by atoms with Gasteiger partial charge in [-0.1, -0.05) is 36.4 Å². The summed E-state index contributed by atoms with van der Waals surface area (Å²) in [6, 6.07) is 12.7. The van der Waals surface area contributed by atoms with Crippen LogP contribution < -0.4 is 0 Å². The Morgan fingerprint density at radius 3 is 2.69 bits per heavy atom. The van der Waals surface area contributed by atoms with Crippen molar-refractivity contribution in [3.8, 4) is 11.3 Å². The van der Waals surface area contributed by atoms with Crippen LogP contribution in [0.25, 0.3) is 11.3 Å². The number of sulfonamides is 1. The summed E-state index contributed by atoms with van der Waals surface area (Å²) in [5, 5.41) is -0.0274. The maximum atomic E-state index is 13.4. The fraction of sp³-hybridized carbons (Fsp3) is 0.263. The molecule has 0 aliphatic carbocycles. The zero-order valence-electron chi connectivity index (χ0n) is 14.6. The molecule has 134 valence electrons. The number of rotatable bonds is 3. The van der Waals surface area contributed by atoms with E-state index in [1.54, 1.807) is 13.1 Å². The number of nitrogens with zero attached hydrogens (tertiary/aromatic N) is 3. The maximum absolute atomic E-state index is 13.4. The Labute approximate surface area is 152 Å². The molecule has 3 heterocycles. The van der Waals surface area contributed by atoms with Crippen LogP contribution in [-0.4, -0.2) is 29.2 Å². The normalized spacial score (nSPS) is 17.8. The van der Waals surface area contributed by atoms with Crippen molar-refractivity contribution >= 4 is 10.0 Å². The van der Waals surface area contributed by atoms with Crippen molar-refractivity contribution in [1.29, 1.82) is 0 Å². The summed E-state index contributed by atoms with van der Waals surface area (Å²) in [4.78, 5) is 8.58. The number of aromatic nitrogens is 2. The number of oxazole rings is 1. The summed E-state index contributed by atoms with van der Waals surface area (Å²) in [7, 11) is -3.81. The molecule has 6 nitrogen and oxygen atoms in total. The van der Waals surface area contributed by atoms with Crippen molar-refractivity contribution in [2.45, 2.75) is 31.3 Å². The molecule has 1 aliphatic rings. The average molecular weight is 369 g/mol. The van der Waals surface area contributed by atoms with Gasteiger partial charge in [0.15, 0.2) is 11.7 Å². The SMILES string of the molecule is Cc1nc(S(=O)(=O)N2CCc3ncccc3C2C)c(-c2ccccc2)o1. The Hall–Kier alpha value is -2.51. The fourth-order valence-electron chi connectivity index (χ4n) is 3.40. The zero-order valence-corrected chi connectivity index (χ0v) is 15.4. The third kappa shape index (κ3) is 2.73. The highest BCUT2D eigenvalue weighted by Crippen LogP contribution is 2.36. The lowest BCUT2D eigenvalue weighted by Gasteiger charge is -2.33. The molecule has 0 saturated heterocycles. The van der Waals surface area contributed by atoms with Gasteiger partial charge < -0.3 is 4.42 Å². The van der Waals surface area contributed by atoms with Crippen LogP contribution in [0, 0.1) is 6.92 Å². The molecule has 4 rings (SSSR count). The van der Waals surface area contributed by atoms with Gasteiger partial charge in [-0.25, -0.2) is 13.4 Å². The van der Waals surface area contributed by atoms with Crippen LogP contribution in [0.5, 0.6) is 0 Å². The molecule has 0 N–H and O–H groups in total. The second kappa shape index (κ2) is 6.34. The number of aryl methyl sites for hydroxylation is 1. The first-order valence-corrected chi connectivity index (χ1v) is 9.91. The largest absolute Gasteiger partial charge is 0.440 e. The second-order valence-corrected chi connectivity index (χ2v) is 8.12. The molecule has 0 amide bonds. The quantitative estimate of drug-likeness (QED) is 0.708. The monoisotopic (exact) mass is 369 g/mol. The highest BCUT2D eigenvalue weighted by molar-refractivity contribution is 7.89. The van der Waals surface area contributed by atoms with Crippen LogP contribution in [0.15, 0.2) is 58.1 Å². The standard InChI is InChI=1S/C19H19N3O3S/c1-13-16-9-6-11-20-17(16)10-12-22(13)26(23,24)19-18(25-14(2)21-19)15-7-4-3-5-8-15/h3-9,11,13H,10,12H2,1-2H3. The highest BCUT2D eigenvalue weighted by Gasteiger charge is 2.38. The first-order valence-electron chi connectivity index (χ1n) is 8.47. The van der Waals surface area contributed by atoms with Gasteiger partial charge in [0.2, 0.25) is 5.03 Å². The van der Waals surface area contributed by atoms with Gasteiger partial charge in [0.25, 0.3) is 10.0 Å². The van der Waals surface area contributed by atoms with Crippen molar-refractivity contribution in [3.05, 3.63) is 65.8 Å². The molecule has 1 atom stereocenters. The number of fused-ring (bicyclic) bond motifs is 1. The first-order chi connectivity index (χ1) is 12.5. The van der Waals surface area contributed by atoms with Crippen LogP contribution in [0.1, 0.15) is 30.1 Å². The molecule has 0 saturated carbocycles. The van der Waals surface area contributed by atoms with Crippen LogP contribution in [0.2, 0.25) is 0 Å². The van der Waals surface area contributed by atoms with Gasteiger partial charge in [-0.05, 0) is 18.6 Å². The van der Waals surface area contributed by atoms with Crippen molar-refractivity contribution in [2.75, 3.05) is 6.54 Å². The Kier molecular flexibility index (Phi) is 4.13. The van der Waals surface area contributed by atoms with E-state index in [4.69, 9.17) is 4.42 Å². The van der Waals surface area contributed by atoms with E-state index >= 15 is 0 Å². The zero-order chi connectivity index (χ0) is 18.3. The topological polar surface area (TPSA) is 76.3 Å². The van der Waals surface area contributed by atoms with E-state index in [1.165, 1.54) is 4.31 Å². The molecule has 1 aromatic carbocycles. The molecule has 0 fully saturated rings. The Balaban J connectivity index is 1.80. The molecule has 1 unspecified atom stereocenters. The lowest BCUT2D eigenvalue weighted by molar-refractivity contribution is 0.322. The summed E-state index contributed by atoms with van der Waals surface area (Å²) in [5.41, 5.74) is 2.58. The Morgan fingerprint density at radius 1 is 1.15 bits per heavy atom. The summed E-state index contributed by atoms with van der Waals surface area (Å²) in [6.07, 6.45) is 2.32. The minimum atomic E-state index is -3.81. The maximum Gasteiger partial charge on any atom is 0.265 e. The fourth-order valence-corrected chi connectivity index (χ4v) is 5.12. The molecule has 1 aliphatic heterocycles. The minimum absolute atomic E-state index is 0.0274. The van der Waals surface area contributed by atoms with Crippen molar-refractivity contribution < 1.29 is 12.8 Å². The van der Waals surface area contributed by atoms with Gasteiger partial charge in [-0.2, -0.15) is 4.31 Å². The van der Waals surface area contributed by atoms with Gasteiger partial charge >= 0.3 is 0 Å². The predicted octanol–water partition coefficient (Wildman–Crippen LogP) is 3.35. The van der Waals surface area contributed by atoms with Crippen molar-refractivity contribution in [3.63, 3.8) is 0 Å². The summed E-state index contributed by atoms with van der Waals surface area (Å²) in [5.74, 6) is 0.612. The minimum Gasteiger partial charge on any atom is -0.440 e. The van der Waals surface area contributed by atoms with Crippen molar-refractivity contribution in [1.82, 2.24) is 14.3 Å². The van der Waals surface area contributed by atoms with Gasteiger partial charge in [0.05, 0.1) is 0 Å². The molecular weight excluding hydrogens is 350 g/mol. The van der Waals surface area contributed by atoms with E-state index in [1.807, 2.05) is 49.4 Å². The van der Waals surface area contributed by atoms with Crippen LogP contribution in [0.3, 0.4) is 0 Å². The number of hydrogen-bond acceptors (Lipinski definition) is 5. The van der Waals surface area contributed by atoms with Gasteiger partial charge in [0.1, 0.15) is 0 Å². The third-order valence-corrected chi connectivity index (χ3v) is 6.55. The molecule has 0 radical (unpaired) electrons. The molecule has 7 heteroatoms. The molecule has 2 aromatic heterocycles.